The van der Waals surface area contributed by atoms with Crippen molar-refractivity contribution >= 4 is 0 Å². The molecule has 1 aromatic carbocycles. The number of rotatable bonds is 8. The van der Waals surface area contributed by atoms with Gasteiger partial charge < -0.3 is 10.1 Å². The summed E-state index contributed by atoms with van der Waals surface area (Å²) in [5, 5.41) is 3.24. The van der Waals surface area contributed by atoms with Crippen LogP contribution in [0.15, 0.2) is 12.1 Å². The van der Waals surface area contributed by atoms with E-state index in [0.29, 0.717) is 30.7 Å². The Bertz CT molecular complexity index is 419. The van der Waals surface area contributed by atoms with Crippen molar-refractivity contribution in [3.63, 3.8) is 0 Å². The van der Waals surface area contributed by atoms with Crippen LogP contribution in [-0.4, -0.2) is 12.6 Å². The molecule has 1 fully saturated rings. The normalized spacial score (nSPS) is 14.8. The summed E-state index contributed by atoms with van der Waals surface area (Å²) in [5.74, 6) is -1.12. The molecule has 0 heterocycles. The van der Waals surface area contributed by atoms with Crippen LogP contribution >= 0.6 is 0 Å². The lowest BCUT2D eigenvalue weighted by molar-refractivity contribution is 0.221. The van der Waals surface area contributed by atoms with Gasteiger partial charge in [-0.2, -0.15) is 0 Å². The Morgan fingerprint density at radius 1 is 1.20 bits per heavy atom. The monoisotopic (exact) mass is 283 g/mol. The maximum Gasteiger partial charge on any atom is 0.190 e. The topological polar surface area (TPSA) is 21.3 Å². The van der Waals surface area contributed by atoms with Crippen LogP contribution in [-0.2, 0) is 6.54 Å². The van der Waals surface area contributed by atoms with E-state index in [-0.39, 0.29) is 5.75 Å². The molecule has 0 spiro atoms. The van der Waals surface area contributed by atoms with Crippen molar-refractivity contribution in [3.8, 4) is 5.75 Å². The van der Waals surface area contributed by atoms with Crippen LogP contribution in [0.3, 0.4) is 0 Å². The predicted molar refractivity (Wildman–Crippen MR) is 75.8 cm³/mol. The largest absolute Gasteiger partial charge is 0.487 e. The molecule has 0 atom stereocenters. The van der Waals surface area contributed by atoms with E-state index in [4.69, 9.17) is 4.74 Å². The summed E-state index contributed by atoms with van der Waals surface area (Å²) in [6, 6.07) is 3.24. The molecule has 2 nitrogen and oxygen atoms in total. The van der Waals surface area contributed by atoms with Crippen molar-refractivity contribution in [3.05, 3.63) is 29.3 Å². The third-order valence-corrected chi connectivity index (χ3v) is 3.85. The maximum atomic E-state index is 13.9. The minimum Gasteiger partial charge on any atom is -0.487 e. The van der Waals surface area contributed by atoms with Gasteiger partial charge in [0, 0.05) is 12.6 Å². The number of hydrogen-bond donors (Lipinski definition) is 1. The first-order valence-electron chi connectivity index (χ1n) is 7.48. The fourth-order valence-corrected chi connectivity index (χ4v) is 2.13. The molecule has 20 heavy (non-hydrogen) atoms. The standard InChI is InChI=1S/C16H23F2NO/c1-3-11(4-2)10-20-16-14(17)7-12(8-15(16)18)9-19-13-5-6-13/h7-8,11,13,19H,3-6,9-10H2,1-2H3. The average molecular weight is 283 g/mol. The van der Waals surface area contributed by atoms with Gasteiger partial charge in [-0.05, 0) is 36.5 Å². The van der Waals surface area contributed by atoms with Crippen LogP contribution in [0.5, 0.6) is 5.75 Å². The van der Waals surface area contributed by atoms with Crippen LogP contribution in [0.4, 0.5) is 8.78 Å². The van der Waals surface area contributed by atoms with Crippen molar-refractivity contribution in [2.45, 2.75) is 52.1 Å². The van der Waals surface area contributed by atoms with Crippen molar-refractivity contribution in [1.29, 1.82) is 0 Å². The van der Waals surface area contributed by atoms with E-state index in [2.05, 4.69) is 19.2 Å². The van der Waals surface area contributed by atoms with Crippen LogP contribution in [0.25, 0.3) is 0 Å². The fraction of sp³-hybridized carbons (Fsp3) is 0.625. The SMILES string of the molecule is CCC(CC)COc1c(F)cc(CNC2CC2)cc1F. The average Bonchev–Trinajstić information content (AvgIpc) is 3.24. The molecule has 4 heteroatoms. The Morgan fingerprint density at radius 3 is 2.30 bits per heavy atom. The third kappa shape index (κ3) is 4.17. The Kier molecular flexibility index (Phi) is 5.35. The summed E-state index contributed by atoms with van der Waals surface area (Å²) in [6.07, 6.45) is 4.20. The number of nitrogens with one attached hydrogen (secondary N) is 1. The van der Waals surface area contributed by atoms with E-state index < -0.39 is 11.6 Å². The first kappa shape index (κ1) is 15.2. The molecule has 0 saturated heterocycles. The van der Waals surface area contributed by atoms with Gasteiger partial charge in [0.15, 0.2) is 17.4 Å². The molecule has 0 radical (unpaired) electrons. The highest BCUT2D eigenvalue weighted by atomic mass is 19.1. The second kappa shape index (κ2) is 7.02. The predicted octanol–water partition coefficient (Wildman–Crippen LogP) is 4.03. The van der Waals surface area contributed by atoms with E-state index in [9.17, 15) is 8.78 Å². The molecule has 0 aliphatic heterocycles. The van der Waals surface area contributed by atoms with Crippen LogP contribution < -0.4 is 10.1 Å². The molecule has 2 rings (SSSR count). The lowest BCUT2D eigenvalue weighted by Gasteiger charge is -2.15. The summed E-state index contributed by atoms with van der Waals surface area (Å²) < 4.78 is 33.2. The molecule has 0 amide bonds. The van der Waals surface area contributed by atoms with Crippen molar-refractivity contribution < 1.29 is 13.5 Å². The third-order valence-electron chi connectivity index (χ3n) is 3.85. The van der Waals surface area contributed by atoms with E-state index in [1.807, 2.05) is 0 Å². The van der Waals surface area contributed by atoms with Gasteiger partial charge in [-0.25, -0.2) is 8.78 Å². The lowest BCUT2D eigenvalue weighted by Crippen LogP contribution is -2.16. The Labute approximate surface area is 119 Å². The van der Waals surface area contributed by atoms with E-state index in [0.717, 1.165) is 25.7 Å². The Balaban J connectivity index is 1.97. The molecular formula is C16H23F2NO. The smallest absolute Gasteiger partial charge is 0.190 e. The van der Waals surface area contributed by atoms with Crippen LogP contribution in [0, 0.1) is 17.6 Å². The molecule has 1 saturated carbocycles. The van der Waals surface area contributed by atoms with Gasteiger partial charge in [0.2, 0.25) is 0 Å². The molecule has 0 unspecified atom stereocenters. The zero-order valence-corrected chi connectivity index (χ0v) is 12.2. The zero-order chi connectivity index (χ0) is 14.5. The number of ether oxygens (including phenoxy) is 1. The summed E-state index contributed by atoms with van der Waals surface area (Å²) in [7, 11) is 0. The summed E-state index contributed by atoms with van der Waals surface area (Å²) in [4.78, 5) is 0. The van der Waals surface area contributed by atoms with Crippen LogP contribution in [0.1, 0.15) is 45.1 Å². The maximum absolute atomic E-state index is 13.9. The number of hydrogen-bond acceptors (Lipinski definition) is 2. The van der Waals surface area contributed by atoms with E-state index >= 15 is 0 Å². The summed E-state index contributed by atoms with van der Waals surface area (Å²) >= 11 is 0. The quantitative estimate of drug-likeness (QED) is 0.777. The molecule has 0 aromatic heterocycles. The van der Waals surface area contributed by atoms with Crippen molar-refractivity contribution in [1.82, 2.24) is 5.32 Å². The second-order valence-electron chi connectivity index (χ2n) is 5.54. The van der Waals surface area contributed by atoms with Gasteiger partial charge in [-0.1, -0.05) is 26.7 Å². The summed E-state index contributed by atoms with van der Waals surface area (Å²) in [5.41, 5.74) is 0.627. The van der Waals surface area contributed by atoms with Gasteiger partial charge in [-0.3, -0.25) is 0 Å². The van der Waals surface area contributed by atoms with E-state index in [1.165, 1.54) is 12.1 Å². The molecular weight excluding hydrogens is 260 g/mol. The Morgan fingerprint density at radius 2 is 1.80 bits per heavy atom. The first-order valence-corrected chi connectivity index (χ1v) is 7.48. The molecule has 1 aliphatic carbocycles. The molecule has 0 bridgehead atoms. The van der Waals surface area contributed by atoms with Gasteiger partial charge in [0.1, 0.15) is 0 Å². The van der Waals surface area contributed by atoms with Crippen molar-refractivity contribution in [2.24, 2.45) is 5.92 Å². The molecule has 1 aliphatic rings. The lowest BCUT2D eigenvalue weighted by atomic mass is 10.1. The highest BCUT2D eigenvalue weighted by Gasteiger charge is 2.21. The van der Waals surface area contributed by atoms with Gasteiger partial charge in [0.25, 0.3) is 0 Å². The van der Waals surface area contributed by atoms with Crippen LogP contribution in [0.2, 0.25) is 0 Å². The highest BCUT2D eigenvalue weighted by Crippen LogP contribution is 2.25. The van der Waals surface area contributed by atoms with Gasteiger partial charge >= 0.3 is 0 Å². The van der Waals surface area contributed by atoms with Gasteiger partial charge in [-0.15, -0.1) is 0 Å². The zero-order valence-electron chi connectivity index (χ0n) is 12.2. The first-order chi connectivity index (χ1) is 9.63. The summed E-state index contributed by atoms with van der Waals surface area (Å²) in [6.45, 7) is 4.97. The van der Waals surface area contributed by atoms with Gasteiger partial charge in [0.05, 0.1) is 6.61 Å². The number of benzene rings is 1. The molecule has 1 aromatic rings. The molecule has 1 N–H and O–H groups in total. The molecule has 112 valence electrons. The highest BCUT2D eigenvalue weighted by molar-refractivity contribution is 5.31. The fourth-order valence-electron chi connectivity index (χ4n) is 2.13. The Hall–Kier alpha value is -1.16. The second-order valence-corrected chi connectivity index (χ2v) is 5.54. The minimum atomic E-state index is -0.608. The number of halogens is 2. The van der Waals surface area contributed by atoms with Crippen molar-refractivity contribution in [2.75, 3.05) is 6.61 Å². The minimum absolute atomic E-state index is 0.243. The van der Waals surface area contributed by atoms with E-state index in [1.54, 1.807) is 0 Å².